The number of nitrogens with two attached hydrogens (primary N) is 1. The predicted molar refractivity (Wildman–Crippen MR) is 71.7 cm³/mol. The lowest BCUT2D eigenvalue weighted by atomic mass is 10.3. The maximum atomic E-state index is 12.0. The highest BCUT2D eigenvalue weighted by molar-refractivity contribution is 7.89. The Kier molecular flexibility index (Phi) is 3.65. The van der Waals surface area contributed by atoms with E-state index in [0.29, 0.717) is 5.69 Å². The van der Waals surface area contributed by atoms with Gasteiger partial charge in [0.2, 0.25) is 10.0 Å². The van der Waals surface area contributed by atoms with Crippen molar-refractivity contribution in [1.29, 1.82) is 0 Å². The van der Waals surface area contributed by atoms with Crippen LogP contribution in [0.25, 0.3) is 0 Å². The van der Waals surface area contributed by atoms with Crippen LogP contribution in [0.4, 0.5) is 5.69 Å². The zero-order valence-corrected chi connectivity index (χ0v) is 11.4. The van der Waals surface area contributed by atoms with Gasteiger partial charge in [0.1, 0.15) is 5.01 Å². The molecular formula is C11H13N3O2S2. The monoisotopic (exact) mass is 283 g/mol. The number of sulfonamides is 1. The second-order valence-corrected chi connectivity index (χ2v) is 6.49. The fourth-order valence-corrected chi connectivity index (χ4v) is 3.25. The van der Waals surface area contributed by atoms with Crippen LogP contribution < -0.4 is 10.5 Å². The molecular weight excluding hydrogens is 270 g/mol. The Morgan fingerprint density at radius 1 is 1.44 bits per heavy atom. The van der Waals surface area contributed by atoms with Gasteiger partial charge in [0, 0.05) is 16.8 Å². The van der Waals surface area contributed by atoms with Crippen molar-refractivity contribution in [2.45, 2.75) is 18.4 Å². The number of rotatable bonds is 4. The summed E-state index contributed by atoms with van der Waals surface area (Å²) >= 11 is 1.43. The van der Waals surface area contributed by atoms with Gasteiger partial charge in [-0.2, -0.15) is 0 Å². The number of nitrogens with zero attached hydrogens (tertiary/aromatic N) is 1. The summed E-state index contributed by atoms with van der Waals surface area (Å²) in [6, 6.07) is 6.18. The molecule has 0 atom stereocenters. The topological polar surface area (TPSA) is 85.1 Å². The molecule has 1 heterocycles. The zero-order valence-electron chi connectivity index (χ0n) is 9.75. The van der Waals surface area contributed by atoms with E-state index in [1.807, 2.05) is 12.3 Å². The van der Waals surface area contributed by atoms with Crippen molar-refractivity contribution in [2.75, 3.05) is 5.73 Å². The van der Waals surface area contributed by atoms with E-state index in [1.54, 1.807) is 12.1 Å². The third-order valence-corrected chi connectivity index (χ3v) is 4.61. The summed E-state index contributed by atoms with van der Waals surface area (Å²) in [7, 11) is -3.54. The normalized spacial score (nSPS) is 11.6. The molecule has 7 heteroatoms. The molecule has 1 aromatic carbocycles. The minimum Gasteiger partial charge on any atom is -0.399 e. The summed E-state index contributed by atoms with van der Waals surface area (Å²) in [4.78, 5) is 4.35. The first-order valence-corrected chi connectivity index (χ1v) is 7.60. The molecule has 2 rings (SSSR count). The molecule has 5 nitrogen and oxygen atoms in total. The van der Waals surface area contributed by atoms with Crippen LogP contribution in [-0.2, 0) is 16.6 Å². The quantitative estimate of drug-likeness (QED) is 0.833. The van der Waals surface area contributed by atoms with Crippen molar-refractivity contribution in [3.05, 3.63) is 40.3 Å². The average molecular weight is 283 g/mol. The maximum Gasteiger partial charge on any atom is 0.241 e. The third kappa shape index (κ3) is 3.06. The van der Waals surface area contributed by atoms with Gasteiger partial charge in [-0.3, -0.25) is 0 Å². The van der Waals surface area contributed by atoms with Crippen molar-refractivity contribution < 1.29 is 8.42 Å². The first kappa shape index (κ1) is 13.0. The van der Waals surface area contributed by atoms with Crippen LogP contribution >= 0.6 is 11.3 Å². The summed E-state index contributed by atoms with van der Waals surface area (Å²) in [5, 5.41) is 2.62. The van der Waals surface area contributed by atoms with E-state index >= 15 is 0 Å². The van der Waals surface area contributed by atoms with Crippen LogP contribution in [0.3, 0.4) is 0 Å². The number of aryl methyl sites for hydroxylation is 1. The Bertz CT molecular complexity index is 650. The summed E-state index contributed by atoms with van der Waals surface area (Å²) in [6.45, 7) is 2.06. The molecule has 0 saturated heterocycles. The number of benzene rings is 1. The van der Waals surface area contributed by atoms with E-state index in [0.717, 1.165) is 10.7 Å². The SMILES string of the molecule is Cc1csc(CNS(=O)(=O)c2cccc(N)c2)n1. The smallest absolute Gasteiger partial charge is 0.241 e. The van der Waals surface area contributed by atoms with E-state index in [-0.39, 0.29) is 11.4 Å². The molecule has 0 aliphatic carbocycles. The number of aromatic nitrogens is 1. The van der Waals surface area contributed by atoms with E-state index in [9.17, 15) is 8.42 Å². The molecule has 0 fully saturated rings. The van der Waals surface area contributed by atoms with E-state index in [2.05, 4.69) is 9.71 Å². The summed E-state index contributed by atoms with van der Waals surface area (Å²) < 4.78 is 26.4. The van der Waals surface area contributed by atoms with Gasteiger partial charge in [0.25, 0.3) is 0 Å². The van der Waals surface area contributed by atoms with Crippen LogP contribution in [0, 0.1) is 6.92 Å². The lowest BCUT2D eigenvalue weighted by molar-refractivity contribution is 0.581. The van der Waals surface area contributed by atoms with Crippen LogP contribution in [0.5, 0.6) is 0 Å². The van der Waals surface area contributed by atoms with Crippen molar-refractivity contribution >= 4 is 27.0 Å². The van der Waals surface area contributed by atoms with Crippen LogP contribution in [0.15, 0.2) is 34.5 Å². The number of nitrogen functional groups attached to an aromatic ring is 1. The lowest BCUT2D eigenvalue weighted by Gasteiger charge is -2.05. The van der Waals surface area contributed by atoms with Gasteiger partial charge in [0.15, 0.2) is 0 Å². The minimum absolute atomic E-state index is 0.163. The molecule has 0 spiro atoms. The van der Waals surface area contributed by atoms with Crippen molar-refractivity contribution in [2.24, 2.45) is 0 Å². The molecule has 0 aliphatic heterocycles. The predicted octanol–water partition coefficient (Wildman–Crippen LogP) is 1.51. The number of thiazole rings is 1. The highest BCUT2D eigenvalue weighted by Gasteiger charge is 2.14. The molecule has 0 amide bonds. The van der Waals surface area contributed by atoms with Crippen LogP contribution in [0.1, 0.15) is 10.7 Å². The molecule has 96 valence electrons. The lowest BCUT2D eigenvalue weighted by Crippen LogP contribution is -2.23. The van der Waals surface area contributed by atoms with Gasteiger partial charge in [-0.05, 0) is 25.1 Å². The molecule has 2 aromatic rings. The van der Waals surface area contributed by atoms with Gasteiger partial charge < -0.3 is 5.73 Å². The second-order valence-electron chi connectivity index (χ2n) is 3.78. The van der Waals surface area contributed by atoms with Crippen LogP contribution in [0.2, 0.25) is 0 Å². The number of hydrogen-bond acceptors (Lipinski definition) is 5. The Morgan fingerprint density at radius 3 is 2.83 bits per heavy atom. The molecule has 0 aliphatic rings. The fourth-order valence-electron chi connectivity index (χ4n) is 1.41. The second kappa shape index (κ2) is 5.05. The summed E-state index contributed by atoms with van der Waals surface area (Å²) in [5.74, 6) is 0. The minimum atomic E-state index is -3.54. The van der Waals surface area contributed by atoms with Crippen molar-refractivity contribution in [3.63, 3.8) is 0 Å². The first-order chi connectivity index (χ1) is 8.47. The maximum absolute atomic E-state index is 12.0. The summed E-state index contributed by atoms with van der Waals surface area (Å²) in [5.41, 5.74) is 6.87. The Balaban J connectivity index is 2.13. The van der Waals surface area contributed by atoms with Gasteiger partial charge >= 0.3 is 0 Å². The van der Waals surface area contributed by atoms with Crippen molar-refractivity contribution in [1.82, 2.24) is 9.71 Å². The van der Waals surface area contributed by atoms with Crippen LogP contribution in [-0.4, -0.2) is 13.4 Å². The molecule has 0 bridgehead atoms. The largest absolute Gasteiger partial charge is 0.399 e. The molecule has 0 radical (unpaired) electrons. The summed E-state index contributed by atoms with van der Waals surface area (Å²) in [6.07, 6.45) is 0. The molecule has 3 N–H and O–H groups in total. The Morgan fingerprint density at radius 2 is 2.22 bits per heavy atom. The Labute approximate surface area is 110 Å². The molecule has 1 aromatic heterocycles. The first-order valence-electron chi connectivity index (χ1n) is 5.23. The van der Waals surface area contributed by atoms with E-state index in [4.69, 9.17) is 5.73 Å². The molecule has 18 heavy (non-hydrogen) atoms. The van der Waals surface area contributed by atoms with Gasteiger partial charge in [-0.1, -0.05) is 6.07 Å². The average Bonchev–Trinajstić information content (AvgIpc) is 2.73. The Hall–Kier alpha value is -1.44. The van der Waals surface area contributed by atoms with Gasteiger partial charge in [0.05, 0.1) is 11.4 Å². The molecule has 0 unspecified atom stereocenters. The highest BCUT2D eigenvalue weighted by atomic mass is 32.2. The van der Waals surface area contributed by atoms with Gasteiger partial charge in [-0.15, -0.1) is 11.3 Å². The number of anilines is 1. The van der Waals surface area contributed by atoms with Crippen molar-refractivity contribution in [3.8, 4) is 0 Å². The third-order valence-electron chi connectivity index (χ3n) is 2.25. The fraction of sp³-hybridized carbons (Fsp3) is 0.182. The number of nitrogens with one attached hydrogen (secondary N) is 1. The molecule has 0 saturated carbocycles. The standard InChI is InChI=1S/C11H13N3O2S2/c1-8-7-17-11(14-8)6-13-18(15,16)10-4-2-3-9(12)5-10/h2-5,7,13H,6,12H2,1H3. The van der Waals surface area contributed by atoms with E-state index < -0.39 is 10.0 Å². The van der Waals surface area contributed by atoms with E-state index in [1.165, 1.54) is 23.5 Å². The highest BCUT2D eigenvalue weighted by Crippen LogP contribution is 2.14. The number of hydrogen-bond donors (Lipinski definition) is 2. The van der Waals surface area contributed by atoms with Gasteiger partial charge in [-0.25, -0.2) is 18.1 Å². The zero-order chi connectivity index (χ0) is 13.2.